The fourth-order valence-electron chi connectivity index (χ4n) is 3.05. The number of nitrogens with one attached hydrogen (secondary N) is 1. The lowest BCUT2D eigenvalue weighted by atomic mass is 9.88. The van der Waals surface area contributed by atoms with Crippen molar-refractivity contribution >= 4 is 11.5 Å². The van der Waals surface area contributed by atoms with Crippen LogP contribution < -0.4 is 5.32 Å². The van der Waals surface area contributed by atoms with E-state index in [1.54, 1.807) is 11.5 Å². The number of rotatable bonds is 5. The summed E-state index contributed by atoms with van der Waals surface area (Å²) in [5, 5.41) is 8.05. The van der Waals surface area contributed by atoms with E-state index in [1.807, 2.05) is 0 Å². The van der Waals surface area contributed by atoms with Crippen molar-refractivity contribution in [2.75, 3.05) is 6.54 Å². The molecule has 1 aromatic rings. The Morgan fingerprint density at radius 2 is 2.00 bits per heavy atom. The quantitative estimate of drug-likeness (QED) is 0.884. The molecular formula is C15H27N3S. The largest absolute Gasteiger partial charge is 0.309 e. The number of hydrogen-bond acceptors (Lipinski definition) is 4. The van der Waals surface area contributed by atoms with Crippen LogP contribution in [0.2, 0.25) is 0 Å². The van der Waals surface area contributed by atoms with E-state index < -0.39 is 0 Å². The molecule has 19 heavy (non-hydrogen) atoms. The molecule has 1 atom stereocenters. The Morgan fingerprint density at radius 3 is 2.58 bits per heavy atom. The minimum Gasteiger partial charge on any atom is -0.309 e. The van der Waals surface area contributed by atoms with Gasteiger partial charge in [-0.1, -0.05) is 57.9 Å². The number of nitrogens with zero attached hydrogens (tertiary/aromatic N) is 2. The van der Waals surface area contributed by atoms with Crippen molar-refractivity contribution in [2.24, 2.45) is 5.92 Å². The lowest BCUT2D eigenvalue weighted by Gasteiger charge is -2.24. The van der Waals surface area contributed by atoms with Crippen LogP contribution in [0.5, 0.6) is 0 Å². The maximum atomic E-state index is 4.39. The third-order valence-corrected chi connectivity index (χ3v) is 4.87. The van der Waals surface area contributed by atoms with Crippen molar-refractivity contribution in [3.63, 3.8) is 0 Å². The van der Waals surface area contributed by atoms with E-state index in [4.69, 9.17) is 0 Å². The normalized spacial score (nSPS) is 18.9. The maximum Gasteiger partial charge on any atom is 0.0857 e. The van der Waals surface area contributed by atoms with Gasteiger partial charge in [0.15, 0.2) is 0 Å². The minimum atomic E-state index is 0.0890. The molecule has 1 unspecified atom stereocenters. The molecule has 3 nitrogen and oxygen atoms in total. The van der Waals surface area contributed by atoms with Crippen LogP contribution in [0.15, 0.2) is 0 Å². The summed E-state index contributed by atoms with van der Waals surface area (Å²) in [5.41, 5.74) is 1.27. The van der Waals surface area contributed by atoms with Gasteiger partial charge in [-0.3, -0.25) is 0 Å². The SMILES string of the molecule is CCNC(CC1CCCC1)c1snnc1C(C)(C)C. The Balaban J connectivity index is 2.16. The van der Waals surface area contributed by atoms with Gasteiger partial charge in [0.2, 0.25) is 0 Å². The standard InChI is InChI=1S/C15H27N3S/c1-5-16-12(10-11-8-6-7-9-11)13-14(15(2,3)4)17-18-19-13/h11-12,16H,5-10H2,1-4H3. The van der Waals surface area contributed by atoms with Gasteiger partial charge < -0.3 is 5.32 Å². The molecule has 108 valence electrons. The van der Waals surface area contributed by atoms with Gasteiger partial charge in [0.05, 0.1) is 10.6 Å². The van der Waals surface area contributed by atoms with Crippen molar-refractivity contribution in [1.82, 2.24) is 14.9 Å². The summed E-state index contributed by atoms with van der Waals surface area (Å²) in [6, 6.07) is 0.447. The topological polar surface area (TPSA) is 37.8 Å². The van der Waals surface area contributed by atoms with Gasteiger partial charge >= 0.3 is 0 Å². The Morgan fingerprint density at radius 1 is 1.32 bits per heavy atom. The van der Waals surface area contributed by atoms with Gasteiger partial charge in [0.25, 0.3) is 0 Å². The third-order valence-electron chi connectivity index (χ3n) is 4.03. The van der Waals surface area contributed by atoms with Crippen molar-refractivity contribution in [2.45, 2.75) is 71.3 Å². The second-order valence-corrected chi connectivity index (χ2v) is 7.52. The summed E-state index contributed by atoms with van der Waals surface area (Å²) in [7, 11) is 0. The van der Waals surface area contributed by atoms with Gasteiger partial charge in [-0.2, -0.15) is 0 Å². The highest BCUT2D eigenvalue weighted by atomic mass is 32.1. The number of aromatic nitrogens is 2. The van der Waals surface area contributed by atoms with Crippen LogP contribution in [-0.4, -0.2) is 16.1 Å². The molecule has 0 amide bonds. The minimum absolute atomic E-state index is 0.0890. The predicted molar refractivity (Wildman–Crippen MR) is 81.6 cm³/mol. The molecule has 1 aromatic heterocycles. The van der Waals surface area contributed by atoms with E-state index in [1.165, 1.54) is 42.7 Å². The average molecular weight is 281 g/mol. The van der Waals surface area contributed by atoms with Crippen molar-refractivity contribution < 1.29 is 0 Å². The molecule has 1 N–H and O–H groups in total. The van der Waals surface area contributed by atoms with E-state index in [-0.39, 0.29) is 5.41 Å². The fourth-order valence-corrected chi connectivity index (χ4v) is 4.01. The van der Waals surface area contributed by atoms with Crippen molar-refractivity contribution in [3.05, 3.63) is 10.6 Å². The summed E-state index contributed by atoms with van der Waals surface area (Å²) in [6.45, 7) is 9.88. The Hall–Kier alpha value is -0.480. The third kappa shape index (κ3) is 3.76. The lowest BCUT2D eigenvalue weighted by Crippen LogP contribution is -2.25. The van der Waals surface area contributed by atoms with Gasteiger partial charge in [-0.25, -0.2) is 0 Å². The summed E-state index contributed by atoms with van der Waals surface area (Å²) in [6.07, 6.45) is 6.88. The summed E-state index contributed by atoms with van der Waals surface area (Å²) >= 11 is 1.58. The van der Waals surface area contributed by atoms with Crippen LogP contribution in [0.1, 0.15) is 76.4 Å². The van der Waals surface area contributed by atoms with Gasteiger partial charge in [0.1, 0.15) is 0 Å². The Kier molecular flexibility index (Phi) is 4.96. The molecule has 1 heterocycles. The zero-order valence-corrected chi connectivity index (χ0v) is 13.5. The maximum absolute atomic E-state index is 4.39. The molecule has 0 radical (unpaired) electrons. The number of hydrogen-bond donors (Lipinski definition) is 1. The summed E-state index contributed by atoms with van der Waals surface area (Å²) in [5.74, 6) is 0.888. The molecule has 2 rings (SSSR count). The smallest absolute Gasteiger partial charge is 0.0857 e. The summed E-state index contributed by atoms with van der Waals surface area (Å²) in [4.78, 5) is 1.36. The fraction of sp³-hybridized carbons (Fsp3) is 0.867. The van der Waals surface area contributed by atoms with Crippen molar-refractivity contribution in [3.8, 4) is 0 Å². The average Bonchev–Trinajstić information content (AvgIpc) is 2.98. The highest BCUT2D eigenvalue weighted by Crippen LogP contribution is 2.37. The van der Waals surface area contributed by atoms with Crippen LogP contribution in [0, 0.1) is 5.92 Å². The molecule has 0 bridgehead atoms. The van der Waals surface area contributed by atoms with E-state index in [0.717, 1.165) is 12.5 Å². The molecule has 1 aliphatic carbocycles. The van der Waals surface area contributed by atoms with E-state index >= 15 is 0 Å². The van der Waals surface area contributed by atoms with Crippen LogP contribution in [0.3, 0.4) is 0 Å². The molecule has 1 aliphatic rings. The predicted octanol–water partition coefficient (Wildman–Crippen LogP) is 4.07. The first-order valence-corrected chi connectivity index (χ1v) is 8.35. The molecule has 1 saturated carbocycles. The van der Waals surface area contributed by atoms with Crippen molar-refractivity contribution in [1.29, 1.82) is 0 Å². The molecule has 4 heteroatoms. The second kappa shape index (κ2) is 6.31. The first-order valence-electron chi connectivity index (χ1n) is 7.58. The molecule has 1 fully saturated rings. The van der Waals surface area contributed by atoms with E-state index in [0.29, 0.717) is 6.04 Å². The molecular weight excluding hydrogens is 254 g/mol. The van der Waals surface area contributed by atoms with Gasteiger partial charge in [0, 0.05) is 11.5 Å². The van der Waals surface area contributed by atoms with Gasteiger partial charge in [-0.05, 0) is 30.4 Å². The van der Waals surface area contributed by atoms with E-state index in [2.05, 4.69) is 42.6 Å². The van der Waals surface area contributed by atoms with Gasteiger partial charge in [-0.15, -0.1) is 5.10 Å². The van der Waals surface area contributed by atoms with Crippen LogP contribution >= 0.6 is 11.5 Å². The first kappa shape index (κ1) is 14.9. The molecule has 0 spiro atoms. The molecule has 0 saturated heterocycles. The highest BCUT2D eigenvalue weighted by molar-refractivity contribution is 7.05. The lowest BCUT2D eigenvalue weighted by molar-refractivity contribution is 0.398. The van der Waals surface area contributed by atoms with E-state index in [9.17, 15) is 0 Å². The second-order valence-electron chi connectivity index (χ2n) is 6.73. The van der Waals surface area contributed by atoms with Crippen LogP contribution in [0.4, 0.5) is 0 Å². The first-order chi connectivity index (χ1) is 9.02. The molecule has 0 aromatic carbocycles. The van der Waals surface area contributed by atoms with Crippen LogP contribution in [0.25, 0.3) is 0 Å². The zero-order valence-electron chi connectivity index (χ0n) is 12.7. The summed E-state index contributed by atoms with van der Waals surface area (Å²) < 4.78 is 4.22. The zero-order chi connectivity index (χ0) is 13.9. The highest BCUT2D eigenvalue weighted by Gasteiger charge is 2.29. The Bertz CT molecular complexity index is 388. The van der Waals surface area contributed by atoms with Crippen LogP contribution in [-0.2, 0) is 5.41 Å². The Labute approximate surface area is 121 Å². The monoisotopic (exact) mass is 281 g/mol. The molecule has 0 aliphatic heterocycles.